The Balaban J connectivity index is 2.02. The smallest absolute Gasteiger partial charge is 0.272 e. The van der Waals surface area contributed by atoms with Crippen LogP contribution in [-0.2, 0) is 4.79 Å². The van der Waals surface area contributed by atoms with E-state index in [0.29, 0.717) is 23.5 Å². The summed E-state index contributed by atoms with van der Waals surface area (Å²) >= 11 is 0. The molecule has 0 spiro atoms. The third-order valence-corrected chi connectivity index (χ3v) is 4.26. The number of anilines is 1. The van der Waals surface area contributed by atoms with Crippen LogP contribution < -0.4 is 9.64 Å². The molecule has 0 aromatic heterocycles. The first-order chi connectivity index (χ1) is 12.0. The lowest BCUT2D eigenvalue weighted by Gasteiger charge is -2.35. The highest BCUT2D eigenvalue weighted by molar-refractivity contribution is 6.03. The fourth-order valence-electron chi connectivity index (χ4n) is 2.85. The predicted molar refractivity (Wildman–Crippen MR) is 97.2 cm³/mol. The van der Waals surface area contributed by atoms with Crippen molar-refractivity contribution in [2.75, 3.05) is 32.1 Å². The number of carbonyl (C=O) groups excluding carboxylic acids is 2. The molecule has 5 nitrogen and oxygen atoms in total. The number of ketones is 1. The van der Waals surface area contributed by atoms with Crippen molar-refractivity contribution in [1.82, 2.24) is 4.90 Å². The molecule has 0 fully saturated rings. The molecule has 1 aliphatic heterocycles. The van der Waals surface area contributed by atoms with Crippen LogP contribution in [0, 0.1) is 0 Å². The second kappa shape index (κ2) is 7.07. The zero-order chi connectivity index (χ0) is 18.0. The third kappa shape index (κ3) is 3.56. The number of fused-ring (bicyclic) bond motifs is 1. The van der Waals surface area contributed by atoms with Crippen LogP contribution in [0.4, 0.5) is 5.69 Å². The number of ether oxygens (including phenoxy) is 1. The fourth-order valence-corrected chi connectivity index (χ4v) is 2.85. The van der Waals surface area contributed by atoms with Crippen molar-refractivity contribution < 1.29 is 14.3 Å². The van der Waals surface area contributed by atoms with Gasteiger partial charge in [0, 0.05) is 24.2 Å². The first-order valence-corrected chi connectivity index (χ1v) is 8.30. The van der Waals surface area contributed by atoms with Gasteiger partial charge in [0.25, 0.3) is 5.91 Å². The van der Waals surface area contributed by atoms with Crippen molar-refractivity contribution in [2.24, 2.45) is 0 Å². The van der Waals surface area contributed by atoms with Gasteiger partial charge in [-0.25, -0.2) is 0 Å². The Bertz CT molecular complexity index is 787. The van der Waals surface area contributed by atoms with Crippen LogP contribution in [0.25, 0.3) is 0 Å². The Labute approximate surface area is 147 Å². The molecule has 1 unspecified atom stereocenters. The first-order valence-electron chi connectivity index (χ1n) is 8.30. The SMILES string of the molecule is CC(=O)c1ccc2c(c1)N(CCN(C)C)C(=O)C(c1ccccc1)O2. The molecule has 1 amide bonds. The molecule has 1 atom stereocenters. The molecule has 0 aliphatic carbocycles. The van der Waals surface area contributed by atoms with Crippen LogP contribution in [-0.4, -0.2) is 43.8 Å². The van der Waals surface area contributed by atoms with E-state index in [9.17, 15) is 9.59 Å². The van der Waals surface area contributed by atoms with Gasteiger partial charge in [0.05, 0.1) is 5.69 Å². The standard InChI is InChI=1S/C20H22N2O3/c1-14(23)16-9-10-18-17(13-16)22(12-11-21(2)3)20(24)19(25-18)15-7-5-4-6-8-15/h4-10,13,19H,11-12H2,1-3H3. The molecule has 0 radical (unpaired) electrons. The van der Waals surface area contributed by atoms with Gasteiger partial charge in [0.1, 0.15) is 5.75 Å². The number of likely N-dealkylation sites (N-methyl/N-ethyl adjacent to an activating group) is 1. The first kappa shape index (κ1) is 17.2. The van der Waals surface area contributed by atoms with Gasteiger partial charge in [0.2, 0.25) is 6.10 Å². The summed E-state index contributed by atoms with van der Waals surface area (Å²) in [5.74, 6) is 0.478. The molecule has 0 saturated heterocycles. The summed E-state index contributed by atoms with van der Waals surface area (Å²) < 4.78 is 5.99. The second-order valence-electron chi connectivity index (χ2n) is 6.44. The summed E-state index contributed by atoms with van der Waals surface area (Å²) in [6, 6.07) is 14.7. The number of hydrogen-bond donors (Lipinski definition) is 0. The van der Waals surface area contributed by atoms with Crippen LogP contribution in [0.15, 0.2) is 48.5 Å². The van der Waals surface area contributed by atoms with Crippen LogP contribution in [0.3, 0.4) is 0 Å². The number of rotatable bonds is 5. The maximum atomic E-state index is 13.1. The Morgan fingerprint density at radius 2 is 1.88 bits per heavy atom. The van der Waals surface area contributed by atoms with Gasteiger partial charge in [-0.2, -0.15) is 0 Å². The van der Waals surface area contributed by atoms with Gasteiger partial charge in [0.15, 0.2) is 5.78 Å². The number of amides is 1. The van der Waals surface area contributed by atoms with Crippen molar-refractivity contribution in [2.45, 2.75) is 13.0 Å². The largest absolute Gasteiger partial charge is 0.474 e. The van der Waals surface area contributed by atoms with E-state index in [4.69, 9.17) is 4.74 Å². The molecule has 5 heteroatoms. The summed E-state index contributed by atoms with van der Waals surface area (Å²) in [5.41, 5.74) is 2.05. The summed E-state index contributed by atoms with van der Waals surface area (Å²) in [6.07, 6.45) is -0.668. The maximum Gasteiger partial charge on any atom is 0.272 e. The van der Waals surface area contributed by atoms with Crippen molar-refractivity contribution >= 4 is 17.4 Å². The fraction of sp³-hybridized carbons (Fsp3) is 0.300. The highest BCUT2D eigenvalue weighted by atomic mass is 16.5. The lowest BCUT2D eigenvalue weighted by molar-refractivity contribution is -0.126. The molecule has 2 aromatic carbocycles. The van der Waals surface area contributed by atoms with Gasteiger partial charge in [-0.3, -0.25) is 9.59 Å². The van der Waals surface area contributed by atoms with Crippen molar-refractivity contribution in [3.8, 4) is 5.75 Å². The third-order valence-electron chi connectivity index (χ3n) is 4.26. The molecule has 0 saturated carbocycles. The highest BCUT2D eigenvalue weighted by Crippen LogP contribution is 2.39. The topological polar surface area (TPSA) is 49.9 Å². The van der Waals surface area contributed by atoms with E-state index in [1.165, 1.54) is 6.92 Å². The molecule has 130 valence electrons. The number of benzene rings is 2. The number of nitrogens with zero attached hydrogens (tertiary/aromatic N) is 2. The monoisotopic (exact) mass is 338 g/mol. The van der Waals surface area contributed by atoms with Crippen LogP contribution in [0.2, 0.25) is 0 Å². The molecule has 0 N–H and O–H groups in total. The van der Waals surface area contributed by atoms with Gasteiger partial charge in [-0.15, -0.1) is 0 Å². The second-order valence-corrected chi connectivity index (χ2v) is 6.44. The van der Waals surface area contributed by atoms with Crippen molar-refractivity contribution in [1.29, 1.82) is 0 Å². The number of carbonyl (C=O) groups is 2. The summed E-state index contributed by atoms with van der Waals surface area (Å²) in [4.78, 5) is 28.5. The Kier molecular flexibility index (Phi) is 4.86. The highest BCUT2D eigenvalue weighted by Gasteiger charge is 2.35. The van der Waals surface area contributed by atoms with Gasteiger partial charge in [-0.05, 0) is 39.2 Å². The minimum atomic E-state index is -0.668. The number of Topliss-reactive ketones (excluding diaryl/α,β-unsaturated/α-hetero) is 1. The van der Waals surface area contributed by atoms with Gasteiger partial charge in [-0.1, -0.05) is 30.3 Å². The average Bonchev–Trinajstić information content (AvgIpc) is 2.60. The van der Waals surface area contributed by atoms with E-state index in [1.54, 1.807) is 23.1 Å². The quantitative estimate of drug-likeness (QED) is 0.787. The zero-order valence-corrected chi connectivity index (χ0v) is 14.7. The average molecular weight is 338 g/mol. The van der Waals surface area contributed by atoms with Gasteiger partial charge >= 0.3 is 0 Å². The normalized spacial score (nSPS) is 16.6. The minimum absolute atomic E-state index is 0.0343. The van der Waals surface area contributed by atoms with E-state index >= 15 is 0 Å². The molecule has 2 aromatic rings. The number of hydrogen-bond acceptors (Lipinski definition) is 4. The predicted octanol–water partition coefficient (Wildman–Crippen LogP) is 2.92. The van der Waals surface area contributed by atoms with E-state index in [1.807, 2.05) is 49.3 Å². The maximum absolute atomic E-state index is 13.1. The Morgan fingerprint density at radius 1 is 1.16 bits per heavy atom. The molecule has 0 bridgehead atoms. The zero-order valence-electron chi connectivity index (χ0n) is 14.7. The van der Waals surface area contributed by atoms with Crippen LogP contribution >= 0.6 is 0 Å². The van der Waals surface area contributed by atoms with E-state index in [2.05, 4.69) is 0 Å². The Hall–Kier alpha value is -2.66. The molecular formula is C20H22N2O3. The molecular weight excluding hydrogens is 316 g/mol. The Morgan fingerprint density at radius 3 is 2.52 bits per heavy atom. The van der Waals surface area contributed by atoms with Crippen LogP contribution in [0.5, 0.6) is 5.75 Å². The van der Waals surface area contributed by atoms with E-state index in [0.717, 1.165) is 12.1 Å². The van der Waals surface area contributed by atoms with Gasteiger partial charge < -0.3 is 14.5 Å². The lowest BCUT2D eigenvalue weighted by Crippen LogP contribution is -2.44. The molecule has 25 heavy (non-hydrogen) atoms. The lowest BCUT2D eigenvalue weighted by atomic mass is 10.0. The molecule has 1 aliphatic rings. The molecule has 1 heterocycles. The summed E-state index contributed by atoms with van der Waals surface area (Å²) in [6.45, 7) is 2.77. The molecule has 3 rings (SSSR count). The van der Waals surface area contributed by atoms with Crippen molar-refractivity contribution in [3.63, 3.8) is 0 Å². The summed E-state index contributed by atoms with van der Waals surface area (Å²) in [5, 5.41) is 0. The van der Waals surface area contributed by atoms with E-state index < -0.39 is 6.10 Å². The summed E-state index contributed by atoms with van der Waals surface area (Å²) in [7, 11) is 3.93. The van der Waals surface area contributed by atoms with E-state index in [-0.39, 0.29) is 11.7 Å². The van der Waals surface area contributed by atoms with Crippen LogP contribution in [0.1, 0.15) is 28.9 Å². The minimum Gasteiger partial charge on any atom is -0.474 e. The van der Waals surface area contributed by atoms with Crippen molar-refractivity contribution in [3.05, 3.63) is 59.7 Å².